The van der Waals surface area contributed by atoms with E-state index in [1.54, 1.807) is 7.11 Å². The molecule has 3 aromatic rings. The number of aryl methyl sites for hydroxylation is 1. The van der Waals surface area contributed by atoms with Crippen LogP contribution < -0.4 is 9.47 Å². The molecule has 2 aromatic carbocycles. The lowest BCUT2D eigenvalue weighted by molar-refractivity contribution is 0.137. The molecule has 0 amide bonds. The van der Waals surface area contributed by atoms with Crippen LogP contribution in [0, 0.1) is 0 Å². The van der Waals surface area contributed by atoms with Crippen molar-refractivity contribution in [2.24, 2.45) is 0 Å². The van der Waals surface area contributed by atoms with Crippen LogP contribution in [0.5, 0.6) is 11.5 Å². The van der Waals surface area contributed by atoms with Gasteiger partial charge in [-0.25, -0.2) is 0 Å². The number of hydrogen-bond donors (Lipinski definition) is 0. The minimum atomic E-state index is 0.531. The molecule has 150 valence electrons. The lowest BCUT2D eigenvalue weighted by Gasteiger charge is -2.39. The summed E-state index contributed by atoms with van der Waals surface area (Å²) in [5.41, 5.74) is 4.93. The Hall–Kier alpha value is -2.85. The van der Waals surface area contributed by atoms with Crippen molar-refractivity contribution in [2.75, 3.05) is 20.2 Å². The first-order chi connectivity index (χ1) is 14.2. The van der Waals surface area contributed by atoms with Crippen molar-refractivity contribution in [3.63, 3.8) is 0 Å². The van der Waals surface area contributed by atoms with Gasteiger partial charge in [0.1, 0.15) is 6.61 Å². The van der Waals surface area contributed by atoms with E-state index < -0.39 is 0 Å². The van der Waals surface area contributed by atoms with E-state index in [0.29, 0.717) is 12.5 Å². The van der Waals surface area contributed by atoms with E-state index in [1.165, 1.54) is 11.1 Å². The number of rotatable bonds is 8. The average Bonchev–Trinajstić information content (AvgIpc) is 2.75. The summed E-state index contributed by atoms with van der Waals surface area (Å²) in [6.07, 6.45) is 2.91. The molecule has 1 saturated heterocycles. The molecule has 1 fully saturated rings. The number of likely N-dealkylation sites (tertiary alicyclic amines) is 1. The minimum absolute atomic E-state index is 0.531. The van der Waals surface area contributed by atoms with E-state index in [0.717, 1.165) is 48.8 Å². The summed E-state index contributed by atoms with van der Waals surface area (Å²) in [6.45, 7) is 5.71. The first-order valence-corrected chi connectivity index (χ1v) is 10.3. The summed E-state index contributed by atoms with van der Waals surface area (Å²) in [6, 6.07) is 21.0. The van der Waals surface area contributed by atoms with Crippen LogP contribution >= 0.6 is 0 Å². The zero-order valence-electron chi connectivity index (χ0n) is 17.2. The summed E-state index contributed by atoms with van der Waals surface area (Å²) >= 11 is 0. The van der Waals surface area contributed by atoms with Gasteiger partial charge in [0.25, 0.3) is 0 Å². The van der Waals surface area contributed by atoms with Crippen molar-refractivity contribution in [2.45, 2.75) is 32.4 Å². The van der Waals surface area contributed by atoms with E-state index in [-0.39, 0.29) is 0 Å². The molecule has 0 atom stereocenters. The standard InChI is InChI=1S/C25H28N2O2/c1-3-19-7-9-20(10-8-19)18-29-24-12-11-21(14-25(24)28-2)22-15-27(16-22)17-23-6-4-5-13-26-23/h4-14,22H,3,15-18H2,1-2H3. The highest BCUT2D eigenvalue weighted by molar-refractivity contribution is 5.44. The van der Waals surface area contributed by atoms with Crippen LogP contribution in [0.25, 0.3) is 0 Å². The first kappa shape index (κ1) is 19.5. The van der Waals surface area contributed by atoms with Crippen LogP contribution in [0.1, 0.15) is 35.2 Å². The zero-order valence-corrected chi connectivity index (χ0v) is 17.2. The maximum absolute atomic E-state index is 6.03. The summed E-state index contributed by atoms with van der Waals surface area (Å²) < 4.78 is 11.6. The number of nitrogens with zero attached hydrogens (tertiary/aromatic N) is 2. The van der Waals surface area contributed by atoms with E-state index in [2.05, 4.69) is 59.3 Å². The van der Waals surface area contributed by atoms with E-state index >= 15 is 0 Å². The zero-order chi connectivity index (χ0) is 20.1. The Morgan fingerprint density at radius 1 is 0.966 bits per heavy atom. The normalized spacial score (nSPS) is 14.4. The highest BCUT2D eigenvalue weighted by Gasteiger charge is 2.28. The van der Waals surface area contributed by atoms with E-state index in [4.69, 9.17) is 9.47 Å². The first-order valence-electron chi connectivity index (χ1n) is 10.3. The molecule has 1 aliphatic heterocycles. The van der Waals surface area contributed by atoms with Gasteiger partial charge in [0.05, 0.1) is 12.8 Å². The molecule has 2 heterocycles. The van der Waals surface area contributed by atoms with Gasteiger partial charge in [0, 0.05) is 31.7 Å². The second-order valence-corrected chi connectivity index (χ2v) is 7.58. The van der Waals surface area contributed by atoms with Crippen molar-refractivity contribution >= 4 is 0 Å². The fourth-order valence-electron chi connectivity index (χ4n) is 3.72. The molecular weight excluding hydrogens is 360 g/mol. The lowest BCUT2D eigenvalue weighted by atomic mass is 9.91. The molecule has 0 bridgehead atoms. The Morgan fingerprint density at radius 3 is 2.45 bits per heavy atom. The predicted molar refractivity (Wildman–Crippen MR) is 115 cm³/mol. The predicted octanol–water partition coefficient (Wildman–Crippen LogP) is 4.83. The molecule has 4 nitrogen and oxygen atoms in total. The number of aromatic nitrogens is 1. The third-order valence-corrected chi connectivity index (χ3v) is 5.55. The third-order valence-electron chi connectivity index (χ3n) is 5.55. The van der Waals surface area contributed by atoms with Crippen molar-refractivity contribution in [1.29, 1.82) is 0 Å². The van der Waals surface area contributed by atoms with E-state index in [1.807, 2.05) is 24.4 Å². The summed E-state index contributed by atoms with van der Waals surface area (Å²) in [4.78, 5) is 6.83. The van der Waals surface area contributed by atoms with E-state index in [9.17, 15) is 0 Å². The second-order valence-electron chi connectivity index (χ2n) is 7.58. The Bertz CT molecular complexity index is 919. The minimum Gasteiger partial charge on any atom is -0.493 e. The van der Waals surface area contributed by atoms with Crippen LogP contribution in [0.3, 0.4) is 0 Å². The number of ether oxygens (including phenoxy) is 2. The maximum atomic E-state index is 6.03. The van der Waals surface area contributed by atoms with Gasteiger partial charge < -0.3 is 9.47 Å². The van der Waals surface area contributed by atoms with Crippen LogP contribution in [0.4, 0.5) is 0 Å². The number of methoxy groups -OCH3 is 1. The van der Waals surface area contributed by atoms with Crippen LogP contribution in [-0.4, -0.2) is 30.1 Å². The Kier molecular flexibility index (Phi) is 6.11. The Balaban J connectivity index is 1.34. The van der Waals surface area contributed by atoms with Gasteiger partial charge in [-0.05, 0) is 47.4 Å². The highest BCUT2D eigenvalue weighted by Crippen LogP contribution is 2.35. The second kappa shape index (κ2) is 9.10. The number of hydrogen-bond acceptors (Lipinski definition) is 4. The fourth-order valence-corrected chi connectivity index (χ4v) is 3.72. The van der Waals surface area contributed by atoms with Gasteiger partial charge in [-0.1, -0.05) is 43.3 Å². The molecule has 1 aromatic heterocycles. The molecular formula is C25H28N2O2. The molecule has 4 heteroatoms. The van der Waals surface area contributed by atoms with Gasteiger partial charge >= 0.3 is 0 Å². The summed E-state index contributed by atoms with van der Waals surface area (Å²) in [5.74, 6) is 2.12. The molecule has 1 aliphatic rings. The monoisotopic (exact) mass is 388 g/mol. The van der Waals surface area contributed by atoms with Crippen molar-refractivity contribution in [3.05, 3.63) is 89.2 Å². The Labute approximate surface area is 173 Å². The molecule has 0 N–H and O–H groups in total. The summed E-state index contributed by atoms with van der Waals surface area (Å²) in [7, 11) is 1.70. The number of benzene rings is 2. The van der Waals surface area contributed by atoms with Gasteiger partial charge in [-0.2, -0.15) is 0 Å². The SMILES string of the molecule is CCc1ccc(COc2ccc(C3CN(Cc4ccccn4)C3)cc2OC)cc1. The van der Waals surface area contributed by atoms with Gasteiger partial charge in [0.2, 0.25) is 0 Å². The molecule has 0 radical (unpaired) electrons. The fraction of sp³-hybridized carbons (Fsp3) is 0.320. The topological polar surface area (TPSA) is 34.6 Å². The van der Waals surface area contributed by atoms with Crippen LogP contribution in [-0.2, 0) is 19.6 Å². The molecule has 0 saturated carbocycles. The quantitative estimate of drug-likeness (QED) is 0.554. The van der Waals surface area contributed by atoms with Crippen LogP contribution in [0.2, 0.25) is 0 Å². The Morgan fingerprint density at radius 2 is 1.76 bits per heavy atom. The van der Waals surface area contributed by atoms with Gasteiger partial charge in [0.15, 0.2) is 11.5 Å². The van der Waals surface area contributed by atoms with Crippen molar-refractivity contribution < 1.29 is 9.47 Å². The maximum Gasteiger partial charge on any atom is 0.161 e. The molecule has 0 aliphatic carbocycles. The number of pyridine rings is 1. The third kappa shape index (κ3) is 4.77. The molecule has 29 heavy (non-hydrogen) atoms. The summed E-state index contributed by atoms with van der Waals surface area (Å²) in [5, 5.41) is 0. The van der Waals surface area contributed by atoms with Gasteiger partial charge in [-0.15, -0.1) is 0 Å². The highest BCUT2D eigenvalue weighted by atomic mass is 16.5. The molecule has 4 rings (SSSR count). The van der Waals surface area contributed by atoms with Gasteiger partial charge in [-0.3, -0.25) is 9.88 Å². The van der Waals surface area contributed by atoms with Crippen molar-refractivity contribution in [3.8, 4) is 11.5 Å². The smallest absolute Gasteiger partial charge is 0.161 e. The van der Waals surface area contributed by atoms with Crippen LogP contribution in [0.15, 0.2) is 66.9 Å². The van der Waals surface area contributed by atoms with Crippen molar-refractivity contribution in [1.82, 2.24) is 9.88 Å². The average molecular weight is 389 g/mol. The lowest BCUT2D eigenvalue weighted by Crippen LogP contribution is -2.44. The molecule has 0 spiro atoms. The molecule has 0 unspecified atom stereocenters. The largest absolute Gasteiger partial charge is 0.493 e.